The third-order valence-corrected chi connectivity index (χ3v) is 3.00. The summed E-state index contributed by atoms with van der Waals surface area (Å²) in [5, 5.41) is 3.92. The van der Waals surface area contributed by atoms with E-state index in [9.17, 15) is 0 Å². The van der Waals surface area contributed by atoms with Gasteiger partial charge in [-0.1, -0.05) is 0 Å². The first-order valence-electron chi connectivity index (χ1n) is 6.23. The van der Waals surface area contributed by atoms with Gasteiger partial charge >= 0.3 is 0 Å². The lowest BCUT2D eigenvalue weighted by atomic mass is 10.5. The van der Waals surface area contributed by atoms with Crippen LogP contribution in [-0.4, -0.2) is 45.6 Å². The van der Waals surface area contributed by atoms with Gasteiger partial charge in [-0.3, -0.25) is 0 Å². The van der Waals surface area contributed by atoms with E-state index in [1.807, 2.05) is 21.0 Å². The summed E-state index contributed by atoms with van der Waals surface area (Å²) in [5.41, 5.74) is 11.3. The molecule has 0 radical (unpaired) electrons. The van der Waals surface area contributed by atoms with Gasteiger partial charge in [0.05, 0.1) is 0 Å². The Balaban J connectivity index is 2.33. The fourth-order valence-corrected chi connectivity index (χ4v) is 2.14. The van der Waals surface area contributed by atoms with Crippen molar-refractivity contribution in [2.75, 3.05) is 42.3 Å². The van der Waals surface area contributed by atoms with E-state index >= 15 is 0 Å². The molecule has 0 aromatic carbocycles. The molecule has 9 nitrogen and oxygen atoms in total. The molecule has 2 heterocycles. The number of nitrogen functional groups attached to an aromatic ring is 2. The lowest BCUT2D eigenvalue weighted by Crippen LogP contribution is -2.15. The molecule has 0 spiro atoms. The fraction of sp³-hybridized carbons (Fsp3) is 0.364. The minimum Gasteiger partial charge on any atom is -0.383 e. The summed E-state index contributed by atoms with van der Waals surface area (Å²) in [4.78, 5) is 22.9. The zero-order chi connectivity index (χ0) is 15.4. The van der Waals surface area contributed by atoms with Crippen molar-refractivity contribution in [2.24, 2.45) is 0 Å². The molecule has 2 rings (SSSR count). The van der Waals surface area contributed by atoms with Crippen LogP contribution in [0.15, 0.2) is 16.4 Å². The van der Waals surface area contributed by atoms with E-state index in [0.717, 1.165) is 0 Å². The van der Waals surface area contributed by atoms with Crippen LogP contribution in [0.4, 0.5) is 23.5 Å². The van der Waals surface area contributed by atoms with Crippen molar-refractivity contribution in [3.8, 4) is 0 Å². The standard InChI is InChI=1S/C11H17N9S/c1-4-14-8-17-9(20(2)3)19-11(18-8)21-10-15-6(12)5-7(13)16-10/h5H,4H2,1-3H3,(H4,12,13,15,16)(H,14,17,18,19). The second kappa shape index (κ2) is 6.39. The molecule has 0 aliphatic carbocycles. The molecule has 5 N–H and O–H groups in total. The topological polar surface area (TPSA) is 132 Å². The molecule has 0 aliphatic rings. The maximum absolute atomic E-state index is 5.65. The Morgan fingerprint density at radius 1 is 1.05 bits per heavy atom. The minimum atomic E-state index is 0.304. The molecule has 0 saturated heterocycles. The van der Waals surface area contributed by atoms with Crippen LogP contribution in [0.2, 0.25) is 0 Å². The Kier molecular flexibility index (Phi) is 4.58. The summed E-state index contributed by atoms with van der Waals surface area (Å²) in [7, 11) is 3.71. The van der Waals surface area contributed by atoms with Gasteiger partial charge in [-0.15, -0.1) is 0 Å². The first-order valence-corrected chi connectivity index (χ1v) is 7.04. The quantitative estimate of drug-likeness (QED) is 0.670. The van der Waals surface area contributed by atoms with E-state index in [1.165, 1.54) is 17.8 Å². The van der Waals surface area contributed by atoms with Crippen LogP contribution in [0.5, 0.6) is 0 Å². The molecule has 0 saturated carbocycles. The molecular weight excluding hydrogens is 290 g/mol. The molecular formula is C11H17N9S. The van der Waals surface area contributed by atoms with E-state index in [1.54, 1.807) is 4.90 Å². The van der Waals surface area contributed by atoms with Crippen LogP contribution in [0, 0.1) is 0 Å². The predicted molar refractivity (Wildman–Crippen MR) is 83.3 cm³/mol. The van der Waals surface area contributed by atoms with Crippen LogP contribution in [0.25, 0.3) is 0 Å². The van der Waals surface area contributed by atoms with Gasteiger partial charge in [0, 0.05) is 26.7 Å². The summed E-state index contributed by atoms with van der Waals surface area (Å²) in [6.45, 7) is 2.68. The monoisotopic (exact) mass is 307 g/mol. The molecule has 0 atom stereocenters. The van der Waals surface area contributed by atoms with Crippen molar-refractivity contribution in [2.45, 2.75) is 17.2 Å². The first-order chi connectivity index (χ1) is 9.97. The highest BCUT2D eigenvalue weighted by atomic mass is 32.2. The maximum atomic E-state index is 5.65. The Bertz CT molecular complexity index is 611. The van der Waals surface area contributed by atoms with Crippen molar-refractivity contribution < 1.29 is 0 Å². The average Bonchev–Trinajstić information content (AvgIpc) is 2.37. The van der Waals surface area contributed by atoms with Crippen molar-refractivity contribution in [1.29, 1.82) is 0 Å². The molecule has 112 valence electrons. The molecule has 21 heavy (non-hydrogen) atoms. The number of hydrogen-bond donors (Lipinski definition) is 3. The average molecular weight is 307 g/mol. The van der Waals surface area contributed by atoms with Crippen molar-refractivity contribution in [3.63, 3.8) is 0 Å². The lowest BCUT2D eigenvalue weighted by molar-refractivity contribution is 0.857. The van der Waals surface area contributed by atoms with Crippen LogP contribution in [0.1, 0.15) is 6.92 Å². The van der Waals surface area contributed by atoms with Gasteiger partial charge in [0.15, 0.2) is 5.16 Å². The summed E-state index contributed by atoms with van der Waals surface area (Å²) in [5.74, 6) is 1.65. The first kappa shape index (κ1) is 15.0. The Morgan fingerprint density at radius 3 is 2.24 bits per heavy atom. The lowest BCUT2D eigenvalue weighted by Gasteiger charge is -2.12. The highest BCUT2D eigenvalue weighted by Crippen LogP contribution is 2.24. The number of hydrogen-bond acceptors (Lipinski definition) is 10. The van der Waals surface area contributed by atoms with Crippen molar-refractivity contribution >= 4 is 35.3 Å². The van der Waals surface area contributed by atoms with Crippen LogP contribution >= 0.6 is 11.8 Å². The number of nitrogens with zero attached hydrogens (tertiary/aromatic N) is 6. The van der Waals surface area contributed by atoms with E-state index in [-0.39, 0.29) is 0 Å². The predicted octanol–water partition coefficient (Wildman–Crippen LogP) is 0.475. The summed E-state index contributed by atoms with van der Waals surface area (Å²) >= 11 is 1.18. The largest absolute Gasteiger partial charge is 0.383 e. The fourth-order valence-electron chi connectivity index (χ4n) is 1.42. The number of rotatable bonds is 5. The van der Waals surface area contributed by atoms with Gasteiger partial charge in [-0.2, -0.15) is 15.0 Å². The molecule has 0 amide bonds. The van der Waals surface area contributed by atoms with Gasteiger partial charge in [0.2, 0.25) is 17.1 Å². The Morgan fingerprint density at radius 2 is 1.67 bits per heavy atom. The van der Waals surface area contributed by atoms with Crippen LogP contribution in [-0.2, 0) is 0 Å². The molecule has 0 fully saturated rings. The van der Waals surface area contributed by atoms with Gasteiger partial charge in [0.1, 0.15) is 11.6 Å². The van der Waals surface area contributed by atoms with Gasteiger partial charge in [0.25, 0.3) is 0 Å². The number of anilines is 4. The van der Waals surface area contributed by atoms with Crippen molar-refractivity contribution in [1.82, 2.24) is 24.9 Å². The molecule has 2 aromatic rings. The van der Waals surface area contributed by atoms with E-state index in [0.29, 0.717) is 40.4 Å². The second-order valence-corrected chi connectivity index (χ2v) is 5.20. The Hall–Kier alpha value is -2.36. The normalized spacial score (nSPS) is 10.4. The second-order valence-electron chi connectivity index (χ2n) is 4.27. The van der Waals surface area contributed by atoms with E-state index in [2.05, 4.69) is 30.2 Å². The zero-order valence-corrected chi connectivity index (χ0v) is 12.8. The zero-order valence-electron chi connectivity index (χ0n) is 12.0. The van der Waals surface area contributed by atoms with E-state index in [4.69, 9.17) is 11.5 Å². The molecule has 0 bridgehead atoms. The molecule has 2 aromatic heterocycles. The van der Waals surface area contributed by atoms with Gasteiger partial charge in [-0.25, -0.2) is 9.97 Å². The third-order valence-electron chi connectivity index (χ3n) is 2.27. The van der Waals surface area contributed by atoms with Crippen molar-refractivity contribution in [3.05, 3.63) is 6.07 Å². The molecule has 0 unspecified atom stereocenters. The minimum absolute atomic E-state index is 0.304. The maximum Gasteiger partial charge on any atom is 0.230 e. The molecule has 10 heteroatoms. The van der Waals surface area contributed by atoms with Gasteiger partial charge < -0.3 is 21.7 Å². The third kappa shape index (κ3) is 4.05. The summed E-state index contributed by atoms with van der Waals surface area (Å²) in [6.07, 6.45) is 0. The number of nitrogens with one attached hydrogen (secondary N) is 1. The van der Waals surface area contributed by atoms with Crippen LogP contribution in [0.3, 0.4) is 0 Å². The highest BCUT2D eigenvalue weighted by molar-refractivity contribution is 7.99. The molecule has 0 aliphatic heterocycles. The number of nitrogens with two attached hydrogens (primary N) is 2. The smallest absolute Gasteiger partial charge is 0.230 e. The highest BCUT2D eigenvalue weighted by Gasteiger charge is 2.11. The SMILES string of the molecule is CCNc1nc(Sc2nc(N)cc(N)n2)nc(N(C)C)n1. The van der Waals surface area contributed by atoms with Crippen LogP contribution < -0.4 is 21.7 Å². The number of aromatic nitrogens is 5. The van der Waals surface area contributed by atoms with Gasteiger partial charge in [-0.05, 0) is 18.7 Å². The summed E-state index contributed by atoms with van der Waals surface area (Å²) < 4.78 is 0. The summed E-state index contributed by atoms with van der Waals surface area (Å²) in [6, 6.07) is 1.49. The Labute approximate surface area is 126 Å². The van der Waals surface area contributed by atoms with E-state index < -0.39 is 0 Å².